The van der Waals surface area contributed by atoms with Crippen molar-refractivity contribution in [1.82, 2.24) is 10.4 Å². The molecule has 1 amide bonds. The number of amides is 1. The molecule has 0 aliphatic carbocycles. The summed E-state index contributed by atoms with van der Waals surface area (Å²) in [7, 11) is 0. The number of nitrogens with zero attached hydrogens (tertiary/aromatic N) is 3. The molecule has 0 saturated heterocycles. The third-order valence-electron chi connectivity index (χ3n) is 3.82. The van der Waals surface area contributed by atoms with Gasteiger partial charge in [0.1, 0.15) is 4.88 Å². The smallest absolute Gasteiger partial charge is 0.311 e. The molecule has 0 saturated carbocycles. The first kappa shape index (κ1) is 19.2. The van der Waals surface area contributed by atoms with Gasteiger partial charge < -0.3 is 5.11 Å². The minimum Gasteiger partial charge on any atom is -0.502 e. The van der Waals surface area contributed by atoms with Gasteiger partial charge in [0.15, 0.2) is 5.75 Å². The number of aryl methyl sites for hydroxylation is 1. The molecule has 1 heterocycles. The van der Waals surface area contributed by atoms with Crippen LogP contribution in [0.3, 0.4) is 0 Å². The number of phenols is 1. The first-order valence-electron chi connectivity index (χ1n) is 8.25. The molecule has 0 atom stereocenters. The lowest BCUT2D eigenvalue weighted by molar-refractivity contribution is -0.385. The molecule has 3 rings (SSSR count). The number of hydrazone groups is 1. The van der Waals surface area contributed by atoms with Gasteiger partial charge in [0.2, 0.25) is 0 Å². The standard InChI is InChI=1S/C19H16N4O4S/c1-12-18(28-17(21-12)10-13-5-3-2-4-6-13)19(25)22-20-11-14-7-8-16(24)15(9-14)23(26)27/h2-9,11,24H,10H2,1H3,(H,22,25)/b20-11+. The minimum absolute atomic E-state index is 0.371. The van der Waals surface area contributed by atoms with Gasteiger partial charge in [-0.1, -0.05) is 30.3 Å². The maximum absolute atomic E-state index is 12.3. The van der Waals surface area contributed by atoms with Crippen molar-refractivity contribution in [2.24, 2.45) is 5.10 Å². The predicted octanol–water partition coefficient (Wildman–Crippen LogP) is 3.42. The normalized spacial score (nSPS) is 10.9. The Labute approximate surface area is 164 Å². The molecule has 2 N–H and O–H groups in total. The SMILES string of the molecule is Cc1nc(Cc2ccccc2)sc1C(=O)N/N=C/c1ccc(O)c([N+](=O)[O-])c1. The van der Waals surface area contributed by atoms with E-state index in [1.807, 2.05) is 30.3 Å². The maximum Gasteiger partial charge on any atom is 0.311 e. The highest BCUT2D eigenvalue weighted by Gasteiger charge is 2.15. The summed E-state index contributed by atoms with van der Waals surface area (Å²) in [5, 5.41) is 24.9. The number of carbonyl (C=O) groups is 1. The zero-order chi connectivity index (χ0) is 20.1. The molecule has 142 valence electrons. The Bertz CT molecular complexity index is 1050. The fraction of sp³-hybridized carbons (Fsp3) is 0.105. The molecule has 0 spiro atoms. The summed E-state index contributed by atoms with van der Waals surface area (Å²) in [6.07, 6.45) is 1.91. The number of benzene rings is 2. The van der Waals surface area contributed by atoms with Gasteiger partial charge in [0, 0.05) is 18.1 Å². The summed E-state index contributed by atoms with van der Waals surface area (Å²) < 4.78 is 0. The first-order chi connectivity index (χ1) is 13.4. The Morgan fingerprint density at radius 3 is 2.79 bits per heavy atom. The average molecular weight is 396 g/mol. The van der Waals surface area contributed by atoms with E-state index >= 15 is 0 Å². The number of aromatic hydroxyl groups is 1. The van der Waals surface area contributed by atoms with E-state index in [9.17, 15) is 20.0 Å². The molecule has 3 aromatic rings. The van der Waals surface area contributed by atoms with Gasteiger partial charge in [0.25, 0.3) is 5.91 Å². The van der Waals surface area contributed by atoms with E-state index in [2.05, 4.69) is 15.5 Å². The van der Waals surface area contributed by atoms with Crippen molar-refractivity contribution in [3.05, 3.63) is 85.4 Å². The summed E-state index contributed by atoms with van der Waals surface area (Å²) in [6, 6.07) is 13.7. The summed E-state index contributed by atoms with van der Waals surface area (Å²) in [5.74, 6) is -0.837. The summed E-state index contributed by atoms with van der Waals surface area (Å²) in [4.78, 5) is 27.4. The first-order valence-corrected chi connectivity index (χ1v) is 9.06. The molecule has 0 aliphatic heterocycles. The van der Waals surface area contributed by atoms with E-state index in [0.29, 0.717) is 22.6 Å². The van der Waals surface area contributed by atoms with Gasteiger partial charge in [0.05, 0.1) is 21.8 Å². The number of carbonyl (C=O) groups excluding carboxylic acids is 1. The molecular weight excluding hydrogens is 380 g/mol. The van der Waals surface area contributed by atoms with Crippen LogP contribution in [0.5, 0.6) is 5.75 Å². The molecule has 1 aromatic heterocycles. The molecule has 0 unspecified atom stereocenters. The highest BCUT2D eigenvalue weighted by atomic mass is 32.1. The summed E-state index contributed by atoms with van der Waals surface area (Å²) in [5.41, 5.74) is 4.06. The lowest BCUT2D eigenvalue weighted by Gasteiger charge is -1.99. The van der Waals surface area contributed by atoms with Gasteiger partial charge in [-0.2, -0.15) is 5.10 Å². The number of hydrogen-bond donors (Lipinski definition) is 2. The quantitative estimate of drug-likeness (QED) is 0.376. The van der Waals surface area contributed by atoms with E-state index in [0.717, 1.165) is 10.6 Å². The number of nitro benzene ring substituents is 1. The third-order valence-corrected chi connectivity index (χ3v) is 4.98. The monoisotopic (exact) mass is 396 g/mol. The predicted molar refractivity (Wildman–Crippen MR) is 106 cm³/mol. The van der Waals surface area contributed by atoms with Crippen LogP contribution < -0.4 is 5.43 Å². The number of nitro groups is 1. The van der Waals surface area contributed by atoms with Crippen molar-refractivity contribution >= 4 is 29.1 Å². The van der Waals surface area contributed by atoms with Crippen LogP contribution in [0.25, 0.3) is 0 Å². The Morgan fingerprint density at radius 2 is 2.07 bits per heavy atom. The second kappa shape index (κ2) is 8.40. The van der Waals surface area contributed by atoms with Gasteiger partial charge in [-0.05, 0) is 24.6 Å². The van der Waals surface area contributed by atoms with Crippen LogP contribution >= 0.6 is 11.3 Å². The van der Waals surface area contributed by atoms with Crippen LogP contribution in [0.2, 0.25) is 0 Å². The largest absolute Gasteiger partial charge is 0.502 e. The molecule has 0 fully saturated rings. The molecule has 2 aromatic carbocycles. The van der Waals surface area contributed by atoms with Crippen molar-refractivity contribution in [1.29, 1.82) is 0 Å². The van der Waals surface area contributed by atoms with Crippen molar-refractivity contribution in [2.45, 2.75) is 13.3 Å². The number of rotatable bonds is 6. The second-order valence-corrected chi connectivity index (χ2v) is 6.97. The van der Waals surface area contributed by atoms with Crippen LogP contribution in [-0.2, 0) is 6.42 Å². The lowest BCUT2D eigenvalue weighted by atomic mass is 10.2. The van der Waals surface area contributed by atoms with E-state index < -0.39 is 22.3 Å². The number of nitrogens with one attached hydrogen (secondary N) is 1. The fourth-order valence-electron chi connectivity index (χ4n) is 2.49. The average Bonchev–Trinajstić information content (AvgIpc) is 3.03. The zero-order valence-electron chi connectivity index (χ0n) is 14.8. The second-order valence-electron chi connectivity index (χ2n) is 5.89. The Balaban J connectivity index is 1.67. The number of phenolic OH excluding ortho intramolecular Hbond substituents is 1. The van der Waals surface area contributed by atoms with Crippen LogP contribution in [0, 0.1) is 17.0 Å². The summed E-state index contributed by atoms with van der Waals surface area (Å²) >= 11 is 1.30. The highest BCUT2D eigenvalue weighted by molar-refractivity contribution is 7.13. The van der Waals surface area contributed by atoms with Gasteiger partial charge in [-0.3, -0.25) is 14.9 Å². The van der Waals surface area contributed by atoms with Crippen molar-refractivity contribution in [3.8, 4) is 5.75 Å². The third kappa shape index (κ3) is 4.57. The minimum atomic E-state index is -0.694. The van der Waals surface area contributed by atoms with Crippen LogP contribution in [-0.4, -0.2) is 27.1 Å². The Hall–Kier alpha value is -3.59. The molecule has 0 radical (unpaired) electrons. The number of aromatic nitrogens is 1. The molecule has 8 nitrogen and oxygen atoms in total. The molecule has 0 aliphatic rings. The van der Waals surface area contributed by atoms with Gasteiger partial charge >= 0.3 is 5.69 Å². The van der Waals surface area contributed by atoms with E-state index in [-0.39, 0.29) is 0 Å². The molecular formula is C19H16N4O4S. The van der Waals surface area contributed by atoms with Crippen molar-refractivity contribution < 1.29 is 14.8 Å². The molecule has 9 heteroatoms. The van der Waals surface area contributed by atoms with E-state index in [4.69, 9.17) is 0 Å². The Morgan fingerprint density at radius 1 is 1.32 bits per heavy atom. The lowest BCUT2D eigenvalue weighted by Crippen LogP contribution is -2.17. The van der Waals surface area contributed by atoms with Crippen LogP contribution in [0.15, 0.2) is 53.6 Å². The van der Waals surface area contributed by atoms with Crippen molar-refractivity contribution in [2.75, 3.05) is 0 Å². The topological polar surface area (TPSA) is 118 Å². The highest BCUT2D eigenvalue weighted by Crippen LogP contribution is 2.25. The van der Waals surface area contributed by atoms with Crippen LogP contribution in [0.1, 0.15) is 31.5 Å². The number of thiazole rings is 1. The van der Waals surface area contributed by atoms with Gasteiger partial charge in [-0.25, -0.2) is 10.4 Å². The van der Waals surface area contributed by atoms with E-state index in [1.165, 1.54) is 35.8 Å². The van der Waals surface area contributed by atoms with Crippen LogP contribution in [0.4, 0.5) is 5.69 Å². The maximum atomic E-state index is 12.3. The zero-order valence-corrected chi connectivity index (χ0v) is 15.6. The van der Waals surface area contributed by atoms with Crippen molar-refractivity contribution in [3.63, 3.8) is 0 Å². The summed E-state index contributed by atoms with van der Waals surface area (Å²) in [6.45, 7) is 1.76. The Kier molecular flexibility index (Phi) is 5.75. The number of hydrogen-bond acceptors (Lipinski definition) is 7. The molecule has 28 heavy (non-hydrogen) atoms. The van der Waals surface area contributed by atoms with Gasteiger partial charge in [-0.15, -0.1) is 11.3 Å². The van der Waals surface area contributed by atoms with E-state index in [1.54, 1.807) is 6.92 Å². The fourth-order valence-corrected chi connectivity index (χ4v) is 3.48. The molecule has 0 bridgehead atoms.